The fourth-order valence-corrected chi connectivity index (χ4v) is 2.60. The summed E-state index contributed by atoms with van der Waals surface area (Å²) in [6, 6.07) is 14.1. The topological polar surface area (TPSA) is 63.2 Å². The Morgan fingerprint density at radius 1 is 1.07 bits per heavy atom. The van der Waals surface area contributed by atoms with Crippen LogP contribution in [0.5, 0.6) is 5.75 Å². The Labute approximate surface area is 161 Å². The lowest BCUT2D eigenvalue weighted by molar-refractivity contribution is 0.0954. The Morgan fingerprint density at radius 3 is 2.46 bits per heavy atom. The molecule has 1 amide bonds. The molecule has 5 nitrogen and oxygen atoms in total. The van der Waals surface area contributed by atoms with E-state index in [0.29, 0.717) is 18.5 Å². The van der Waals surface area contributed by atoms with Crippen LogP contribution in [0, 0.1) is 11.6 Å². The first-order chi connectivity index (χ1) is 13.6. The lowest BCUT2D eigenvalue weighted by Gasteiger charge is -2.10. The minimum absolute atomic E-state index is 0.173. The van der Waals surface area contributed by atoms with Crippen molar-refractivity contribution >= 4 is 17.4 Å². The quantitative estimate of drug-likeness (QED) is 0.645. The molecule has 0 saturated heterocycles. The van der Waals surface area contributed by atoms with Gasteiger partial charge in [0.25, 0.3) is 5.91 Å². The summed E-state index contributed by atoms with van der Waals surface area (Å²) in [6.07, 6.45) is 2.06. The zero-order valence-electron chi connectivity index (χ0n) is 15.2. The van der Waals surface area contributed by atoms with Crippen molar-refractivity contribution < 1.29 is 18.3 Å². The van der Waals surface area contributed by atoms with E-state index in [-0.39, 0.29) is 17.4 Å². The van der Waals surface area contributed by atoms with E-state index in [0.717, 1.165) is 23.4 Å². The van der Waals surface area contributed by atoms with E-state index in [4.69, 9.17) is 4.74 Å². The van der Waals surface area contributed by atoms with Crippen LogP contribution in [-0.4, -0.2) is 24.5 Å². The number of hydrogen-bond acceptors (Lipinski definition) is 4. The van der Waals surface area contributed by atoms with E-state index in [9.17, 15) is 13.6 Å². The van der Waals surface area contributed by atoms with Gasteiger partial charge in [-0.1, -0.05) is 18.2 Å². The molecule has 144 valence electrons. The first-order valence-electron chi connectivity index (χ1n) is 8.65. The van der Waals surface area contributed by atoms with Crippen LogP contribution in [0.25, 0.3) is 0 Å². The molecule has 0 unspecified atom stereocenters. The molecule has 0 bridgehead atoms. The fraction of sp³-hybridized carbons (Fsp3) is 0.143. The number of anilines is 2. The van der Waals surface area contributed by atoms with E-state index in [1.807, 2.05) is 24.3 Å². The molecule has 1 aromatic heterocycles. The highest BCUT2D eigenvalue weighted by molar-refractivity contribution is 5.94. The zero-order chi connectivity index (χ0) is 19.9. The fourth-order valence-electron chi connectivity index (χ4n) is 2.60. The number of ether oxygens (including phenoxy) is 1. The van der Waals surface area contributed by atoms with Gasteiger partial charge in [0.2, 0.25) is 0 Å². The molecule has 0 saturated carbocycles. The van der Waals surface area contributed by atoms with E-state index in [1.165, 1.54) is 24.4 Å². The molecule has 28 heavy (non-hydrogen) atoms. The third-order valence-electron chi connectivity index (χ3n) is 4.10. The van der Waals surface area contributed by atoms with Crippen LogP contribution in [0.2, 0.25) is 0 Å². The molecule has 0 aliphatic rings. The zero-order valence-corrected chi connectivity index (χ0v) is 15.2. The van der Waals surface area contributed by atoms with Gasteiger partial charge in [-0.15, -0.1) is 0 Å². The van der Waals surface area contributed by atoms with E-state index >= 15 is 0 Å². The Balaban J connectivity index is 1.60. The summed E-state index contributed by atoms with van der Waals surface area (Å²) < 4.78 is 32.6. The van der Waals surface area contributed by atoms with Crippen LogP contribution in [0.15, 0.2) is 60.8 Å². The summed E-state index contributed by atoms with van der Waals surface area (Å²) >= 11 is 0. The second-order valence-electron chi connectivity index (χ2n) is 6.01. The molecular weight excluding hydrogens is 364 g/mol. The van der Waals surface area contributed by atoms with Crippen molar-refractivity contribution in [2.45, 2.75) is 6.42 Å². The van der Waals surface area contributed by atoms with Crippen LogP contribution in [0.3, 0.4) is 0 Å². The number of halogens is 2. The second kappa shape index (κ2) is 8.94. The van der Waals surface area contributed by atoms with Gasteiger partial charge in [0, 0.05) is 18.3 Å². The lowest BCUT2D eigenvalue weighted by Crippen LogP contribution is -2.25. The number of methoxy groups -OCH3 is 1. The standard InChI is InChI=1S/C21H19F2N3O2/c1-28-16-7-5-14(6-8-16)9-11-25-21(27)15-10-12-24-19(13-15)26-20-17(22)3-2-4-18(20)23/h2-8,10,12-13H,9,11H2,1H3,(H,24,26)(H,25,27). The summed E-state index contributed by atoms with van der Waals surface area (Å²) in [4.78, 5) is 16.3. The van der Waals surface area contributed by atoms with Crippen LogP contribution in [0.1, 0.15) is 15.9 Å². The van der Waals surface area contributed by atoms with Crippen molar-refractivity contribution in [2.24, 2.45) is 0 Å². The summed E-state index contributed by atoms with van der Waals surface area (Å²) in [5.41, 5.74) is 1.09. The van der Waals surface area contributed by atoms with E-state index < -0.39 is 11.6 Å². The molecule has 0 spiro atoms. The van der Waals surface area contributed by atoms with E-state index in [1.54, 1.807) is 7.11 Å². The predicted octanol–water partition coefficient (Wildman–Crippen LogP) is 4.08. The number of pyridine rings is 1. The molecular formula is C21H19F2N3O2. The van der Waals surface area contributed by atoms with E-state index in [2.05, 4.69) is 15.6 Å². The van der Waals surface area contributed by atoms with Crippen molar-refractivity contribution in [1.82, 2.24) is 10.3 Å². The molecule has 2 aromatic carbocycles. The Bertz CT molecular complexity index is 942. The smallest absolute Gasteiger partial charge is 0.251 e. The number of para-hydroxylation sites is 1. The van der Waals surface area contributed by atoms with Gasteiger partial charge in [-0.05, 0) is 48.4 Å². The highest BCUT2D eigenvalue weighted by Crippen LogP contribution is 2.22. The highest BCUT2D eigenvalue weighted by Gasteiger charge is 2.11. The van der Waals surface area contributed by atoms with Crippen molar-refractivity contribution in [3.63, 3.8) is 0 Å². The van der Waals surface area contributed by atoms with Crippen LogP contribution in [-0.2, 0) is 6.42 Å². The minimum atomic E-state index is -0.740. The van der Waals surface area contributed by atoms with Gasteiger partial charge in [-0.2, -0.15) is 0 Å². The Kier molecular flexibility index (Phi) is 6.16. The lowest BCUT2D eigenvalue weighted by atomic mass is 10.1. The number of aromatic nitrogens is 1. The predicted molar refractivity (Wildman–Crippen MR) is 103 cm³/mol. The normalized spacial score (nSPS) is 10.4. The van der Waals surface area contributed by atoms with Crippen molar-refractivity contribution in [1.29, 1.82) is 0 Å². The highest BCUT2D eigenvalue weighted by atomic mass is 19.1. The van der Waals surface area contributed by atoms with Crippen LogP contribution < -0.4 is 15.4 Å². The van der Waals surface area contributed by atoms with Gasteiger partial charge in [-0.25, -0.2) is 13.8 Å². The first-order valence-corrected chi connectivity index (χ1v) is 8.65. The van der Waals surface area contributed by atoms with Gasteiger partial charge in [0.05, 0.1) is 7.11 Å². The van der Waals surface area contributed by atoms with Crippen LogP contribution >= 0.6 is 0 Å². The molecule has 0 fully saturated rings. The van der Waals surface area contributed by atoms with Crippen molar-refractivity contribution in [3.8, 4) is 5.75 Å². The Hall–Kier alpha value is -3.48. The average Bonchev–Trinajstić information content (AvgIpc) is 2.71. The molecule has 1 heterocycles. The largest absolute Gasteiger partial charge is 0.497 e. The minimum Gasteiger partial charge on any atom is -0.497 e. The molecule has 0 atom stereocenters. The van der Waals surface area contributed by atoms with Gasteiger partial charge in [0.1, 0.15) is 28.9 Å². The maximum atomic E-state index is 13.8. The van der Waals surface area contributed by atoms with Gasteiger partial charge in [-0.3, -0.25) is 4.79 Å². The summed E-state index contributed by atoms with van der Waals surface area (Å²) in [6.45, 7) is 0.443. The average molecular weight is 383 g/mol. The third kappa shape index (κ3) is 4.82. The third-order valence-corrected chi connectivity index (χ3v) is 4.10. The SMILES string of the molecule is COc1ccc(CCNC(=O)c2ccnc(Nc3c(F)cccc3F)c2)cc1. The number of nitrogens with one attached hydrogen (secondary N) is 2. The number of carbonyl (C=O) groups is 1. The van der Waals surface area contributed by atoms with Gasteiger partial charge in [0.15, 0.2) is 0 Å². The summed E-state index contributed by atoms with van der Waals surface area (Å²) in [5.74, 6) is -0.831. The van der Waals surface area contributed by atoms with Crippen molar-refractivity contribution in [2.75, 3.05) is 19.0 Å². The molecule has 0 aliphatic carbocycles. The molecule has 3 rings (SSSR count). The van der Waals surface area contributed by atoms with Gasteiger partial charge >= 0.3 is 0 Å². The number of carbonyl (C=O) groups excluding carboxylic acids is 1. The van der Waals surface area contributed by atoms with Crippen LogP contribution in [0.4, 0.5) is 20.3 Å². The Morgan fingerprint density at radius 2 is 1.79 bits per heavy atom. The number of rotatable bonds is 7. The second-order valence-corrected chi connectivity index (χ2v) is 6.01. The van der Waals surface area contributed by atoms with Gasteiger partial charge < -0.3 is 15.4 Å². The molecule has 0 aliphatic heterocycles. The first kappa shape index (κ1) is 19.3. The number of hydrogen-bond donors (Lipinski definition) is 2. The molecule has 0 radical (unpaired) electrons. The monoisotopic (exact) mass is 383 g/mol. The maximum absolute atomic E-state index is 13.8. The summed E-state index contributed by atoms with van der Waals surface area (Å²) in [7, 11) is 1.60. The molecule has 2 N–H and O–H groups in total. The molecule has 3 aromatic rings. The maximum Gasteiger partial charge on any atom is 0.251 e. The van der Waals surface area contributed by atoms with Crippen molar-refractivity contribution in [3.05, 3.63) is 83.6 Å². The summed E-state index contributed by atoms with van der Waals surface area (Å²) in [5, 5.41) is 5.39. The number of amides is 1. The number of benzene rings is 2. The molecule has 7 heteroatoms. The number of nitrogens with zero attached hydrogens (tertiary/aromatic N) is 1.